The van der Waals surface area contributed by atoms with Crippen LogP contribution in [-0.2, 0) is 26.3 Å². The molecule has 1 saturated heterocycles. The van der Waals surface area contributed by atoms with Crippen LogP contribution in [0.2, 0.25) is 5.15 Å². The quantitative estimate of drug-likeness (QED) is 0.610. The number of hydrogen-bond donors (Lipinski definition) is 0. The van der Waals surface area contributed by atoms with E-state index in [2.05, 4.69) is 4.98 Å². The summed E-state index contributed by atoms with van der Waals surface area (Å²) in [6, 6.07) is 13.1. The highest BCUT2D eigenvalue weighted by Crippen LogP contribution is 2.37. The van der Waals surface area contributed by atoms with Crippen LogP contribution in [0.5, 0.6) is 0 Å². The monoisotopic (exact) mass is 372 g/mol. The lowest BCUT2D eigenvalue weighted by Crippen LogP contribution is -2.49. The molecule has 5 nitrogen and oxygen atoms in total. The predicted octanol–water partition coefficient (Wildman–Crippen LogP) is 3.36. The van der Waals surface area contributed by atoms with Gasteiger partial charge in [0, 0.05) is 31.8 Å². The molecule has 1 amide bonds. The second-order valence-electron chi connectivity index (χ2n) is 6.52. The smallest absolute Gasteiger partial charge is 0.317 e. The molecular formula is C20H21ClN2O3. The second kappa shape index (κ2) is 7.87. The van der Waals surface area contributed by atoms with Gasteiger partial charge in [-0.15, -0.1) is 0 Å². The SMILES string of the molecule is CC(=O)N1CCC(C(=O)OCc2ccc(Cl)nc2)(c2ccccc2)CC1. The molecule has 0 radical (unpaired) electrons. The number of nitrogens with zero attached hydrogens (tertiary/aromatic N) is 2. The number of likely N-dealkylation sites (tertiary alicyclic amines) is 1. The van der Waals surface area contributed by atoms with Crippen molar-refractivity contribution in [2.75, 3.05) is 13.1 Å². The molecule has 3 rings (SSSR count). The third-order valence-corrected chi connectivity index (χ3v) is 5.16. The molecule has 1 aliphatic rings. The van der Waals surface area contributed by atoms with E-state index in [4.69, 9.17) is 16.3 Å². The van der Waals surface area contributed by atoms with Crippen LogP contribution in [0, 0.1) is 0 Å². The van der Waals surface area contributed by atoms with Gasteiger partial charge in [-0.1, -0.05) is 48.0 Å². The molecule has 0 bridgehead atoms. The minimum atomic E-state index is -0.729. The van der Waals surface area contributed by atoms with Crippen LogP contribution < -0.4 is 0 Å². The van der Waals surface area contributed by atoms with Crippen molar-refractivity contribution in [2.24, 2.45) is 0 Å². The Morgan fingerprint density at radius 3 is 2.42 bits per heavy atom. The van der Waals surface area contributed by atoms with Crippen LogP contribution in [0.15, 0.2) is 48.7 Å². The van der Waals surface area contributed by atoms with E-state index in [-0.39, 0.29) is 18.5 Å². The van der Waals surface area contributed by atoms with Crippen molar-refractivity contribution < 1.29 is 14.3 Å². The summed E-state index contributed by atoms with van der Waals surface area (Å²) in [5, 5.41) is 0.400. The summed E-state index contributed by atoms with van der Waals surface area (Å²) in [4.78, 5) is 30.5. The van der Waals surface area contributed by atoms with E-state index < -0.39 is 5.41 Å². The maximum absolute atomic E-state index is 13.1. The average molecular weight is 373 g/mol. The molecular weight excluding hydrogens is 352 g/mol. The Kier molecular flexibility index (Phi) is 5.57. The zero-order chi connectivity index (χ0) is 18.6. The zero-order valence-corrected chi connectivity index (χ0v) is 15.4. The number of hydrogen-bond acceptors (Lipinski definition) is 4. The van der Waals surface area contributed by atoms with Crippen molar-refractivity contribution in [3.63, 3.8) is 0 Å². The lowest BCUT2D eigenvalue weighted by atomic mass is 9.72. The number of pyridine rings is 1. The van der Waals surface area contributed by atoms with Gasteiger partial charge >= 0.3 is 5.97 Å². The van der Waals surface area contributed by atoms with Crippen molar-refractivity contribution in [1.29, 1.82) is 0 Å². The molecule has 0 spiro atoms. The van der Waals surface area contributed by atoms with E-state index in [0.717, 1.165) is 11.1 Å². The second-order valence-corrected chi connectivity index (χ2v) is 6.91. The predicted molar refractivity (Wildman–Crippen MR) is 98.7 cm³/mol. The molecule has 2 heterocycles. The van der Waals surface area contributed by atoms with E-state index in [1.54, 1.807) is 30.2 Å². The first-order chi connectivity index (χ1) is 12.5. The van der Waals surface area contributed by atoms with Crippen molar-refractivity contribution in [1.82, 2.24) is 9.88 Å². The number of amides is 1. The van der Waals surface area contributed by atoms with Gasteiger partial charge in [-0.05, 0) is 24.5 Å². The number of esters is 1. The van der Waals surface area contributed by atoms with Crippen LogP contribution in [-0.4, -0.2) is 34.8 Å². The minimum Gasteiger partial charge on any atom is -0.460 e. The van der Waals surface area contributed by atoms with Crippen molar-refractivity contribution >= 4 is 23.5 Å². The van der Waals surface area contributed by atoms with Crippen molar-refractivity contribution in [3.8, 4) is 0 Å². The van der Waals surface area contributed by atoms with E-state index in [1.165, 1.54) is 0 Å². The highest BCUT2D eigenvalue weighted by molar-refractivity contribution is 6.29. The largest absolute Gasteiger partial charge is 0.460 e. The van der Waals surface area contributed by atoms with Gasteiger partial charge in [-0.3, -0.25) is 9.59 Å². The number of benzene rings is 1. The van der Waals surface area contributed by atoms with E-state index in [9.17, 15) is 9.59 Å². The molecule has 2 aromatic rings. The summed E-state index contributed by atoms with van der Waals surface area (Å²) in [6.07, 6.45) is 2.70. The van der Waals surface area contributed by atoms with Gasteiger partial charge in [0.25, 0.3) is 0 Å². The van der Waals surface area contributed by atoms with Gasteiger partial charge < -0.3 is 9.64 Å². The summed E-state index contributed by atoms with van der Waals surface area (Å²) in [7, 11) is 0. The summed E-state index contributed by atoms with van der Waals surface area (Å²) in [6.45, 7) is 2.79. The van der Waals surface area contributed by atoms with Crippen LogP contribution >= 0.6 is 11.6 Å². The molecule has 0 N–H and O–H groups in total. The molecule has 0 unspecified atom stereocenters. The topological polar surface area (TPSA) is 59.5 Å². The fraction of sp³-hybridized carbons (Fsp3) is 0.350. The fourth-order valence-corrected chi connectivity index (χ4v) is 3.46. The summed E-state index contributed by atoms with van der Waals surface area (Å²) in [5.74, 6) is -0.228. The third-order valence-electron chi connectivity index (χ3n) is 4.94. The molecule has 0 aliphatic carbocycles. The summed E-state index contributed by atoms with van der Waals surface area (Å²) in [5.41, 5.74) is 0.988. The van der Waals surface area contributed by atoms with Crippen LogP contribution in [0.3, 0.4) is 0 Å². The Bertz CT molecular complexity index is 769. The third kappa shape index (κ3) is 3.88. The lowest BCUT2D eigenvalue weighted by Gasteiger charge is -2.40. The molecule has 1 aromatic carbocycles. The first-order valence-corrected chi connectivity index (χ1v) is 8.98. The number of piperidine rings is 1. The molecule has 26 heavy (non-hydrogen) atoms. The molecule has 1 fully saturated rings. The highest BCUT2D eigenvalue weighted by atomic mass is 35.5. The average Bonchev–Trinajstić information content (AvgIpc) is 2.68. The number of rotatable bonds is 4. The summed E-state index contributed by atoms with van der Waals surface area (Å²) >= 11 is 5.79. The standard InChI is InChI=1S/C20H21ClN2O3/c1-15(24)23-11-9-20(10-12-23,17-5-3-2-4-6-17)19(25)26-14-16-7-8-18(21)22-13-16/h2-8,13H,9-12,14H2,1H3. The number of halogens is 1. The molecule has 136 valence electrons. The molecule has 6 heteroatoms. The van der Waals surface area contributed by atoms with Crippen LogP contribution in [0.4, 0.5) is 0 Å². The van der Waals surface area contributed by atoms with Gasteiger partial charge in [0.15, 0.2) is 0 Å². The Hall–Kier alpha value is -2.40. The van der Waals surface area contributed by atoms with Gasteiger partial charge in [-0.2, -0.15) is 0 Å². The van der Waals surface area contributed by atoms with E-state index in [1.807, 2.05) is 30.3 Å². The Balaban J connectivity index is 1.78. The van der Waals surface area contributed by atoms with Crippen molar-refractivity contribution in [2.45, 2.75) is 31.8 Å². The van der Waals surface area contributed by atoms with Crippen LogP contribution in [0.1, 0.15) is 30.9 Å². The first-order valence-electron chi connectivity index (χ1n) is 8.60. The van der Waals surface area contributed by atoms with Crippen LogP contribution in [0.25, 0.3) is 0 Å². The Labute approximate surface area is 157 Å². The number of aromatic nitrogens is 1. The van der Waals surface area contributed by atoms with Gasteiger partial charge in [0.1, 0.15) is 11.8 Å². The number of carbonyl (C=O) groups excluding carboxylic acids is 2. The minimum absolute atomic E-state index is 0.0345. The molecule has 0 atom stereocenters. The van der Waals surface area contributed by atoms with E-state index >= 15 is 0 Å². The molecule has 1 aliphatic heterocycles. The van der Waals surface area contributed by atoms with Gasteiger partial charge in [-0.25, -0.2) is 4.98 Å². The maximum atomic E-state index is 13.1. The van der Waals surface area contributed by atoms with Gasteiger partial charge in [0.05, 0.1) is 5.41 Å². The molecule has 1 aromatic heterocycles. The Morgan fingerprint density at radius 1 is 1.15 bits per heavy atom. The maximum Gasteiger partial charge on any atom is 0.317 e. The highest BCUT2D eigenvalue weighted by Gasteiger charge is 2.44. The van der Waals surface area contributed by atoms with Crippen molar-refractivity contribution in [3.05, 3.63) is 64.9 Å². The van der Waals surface area contributed by atoms with E-state index in [0.29, 0.717) is 31.1 Å². The normalized spacial score (nSPS) is 16.2. The molecule has 0 saturated carbocycles. The first kappa shape index (κ1) is 18.4. The zero-order valence-electron chi connectivity index (χ0n) is 14.7. The number of ether oxygens (including phenoxy) is 1. The fourth-order valence-electron chi connectivity index (χ4n) is 3.35. The lowest BCUT2D eigenvalue weighted by molar-refractivity contribution is -0.155. The summed E-state index contributed by atoms with van der Waals surface area (Å²) < 4.78 is 5.64. The number of carbonyl (C=O) groups is 2. The Morgan fingerprint density at radius 2 is 1.85 bits per heavy atom. The van der Waals surface area contributed by atoms with Gasteiger partial charge in [0.2, 0.25) is 5.91 Å².